The largest absolute Gasteiger partial charge is 0.506 e. The van der Waals surface area contributed by atoms with Crippen LogP contribution in [0.4, 0.5) is 0 Å². The fourth-order valence-corrected chi connectivity index (χ4v) is 3.98. The minimum Gasteiger partial charge on any atom is -0.506 e. The number of nitrogens with zero attached hydrogens (tertiary/aromatic N) is 3. The number of benzene rings is 3. The molecule has 0 unspecified atom stereocenters. The summed E-state index contributed by atoms with van der Waals surface area (Å²) in [4.78, 5) is 42.6. The molecule has 0 aliphatic rings. The van der Waals surface area contributed by atoms with Crippen LogP contribution in [0.15, 0.2) is 110 Å². The molecule has 3 aromatic heterocycles. The molecular formula is C33H29N3O10. The molecule has 3 heterocycles. The second kappa shape index (κ2) is 15.9. The molecule has 236 valence electrons. The van der Waals surface area contributed by atoms with E-state index < -0.39 is 36.4 Å². The SMILES string of the molecule is O=C(O)CC(O)(CC(=O)O)C(=O)O.Oc1cccc2cccnc12.Oc1cccc2cccnc12.Oc1cccc2cccnc12. The predicted molar refractivity (Wildman–Crippen MR) is 167 cm³/mol. The van der Waals surface area contributed by atoms with Gasteiger partial charge in [-0.25, -0.2) is 4.79 Å². The molecule has 0 fully saturated rings. The van der Waals surface area contributed by atoms with Gasteiger partial charge in [-0.2, -0.15) is 0 Å². The number of carboxylic acid groups (broad SMARTS) is 3. The van der Waals surface area contributed by atoms with Crippen LogP contribution in [0.1, 0.15) is 12.8 Å². The maximum atomic E-state index is 10.3. The summed E-state index contributed by atoms with van der Waals surface area (Å²) in [6, 6.07) is 27.4. The average Bonchev–Trinajstić information content (AvgIpc) is 3.02. The number of hydrogen-bond donors (Lipinski definition) is 7. The van der Waals surface area contributed by atoms with Gasteiger partial charge >= 0.3 is 17.9 Å². The van der Waals surface area contributed by atoms with Gasteiger partial charge in [-0.1, -0.05) is 54.6 Å². The number of phenols is 3. The Labute approximate surface area is 261 Å². The first-order valence-electron chi connectivity index (χ1n) is 13.4. The van der Waals surface area contributed by atoms with E-state index in [1.54, 1.807) is 55.0 Å². The van der Waals surface area contributed by atoms with E-state index >= 15 is 0 Å². The summed E-state index contributed by atoms with van der Waals surface area (Å²) in [5, 5.41) is 64.6. The molecule has 6 rings (SSSR count). The zero-order valence-corrected chi connectivity index (χ0v) is 24.0. The van der Waals surface area contributed by atoms with Crippen molar-refractivity contribution in [2.45, 2.75) is 18.4 Å². The van der Waals surface area contributed by atoms with Crippen LogP contribution in [0.2, 0.25) is 0 Å². The minimum absolute atomic E-state index is 0.239. The maximum Gasteiger partial charge on any atom is 0.336 e. The van der Waals surface area contributed by atoms with Crippen LogP contribution >= 0.6 is 0 Å². The van der Waals surface area contributed by atoms with E-state index in [0.29, 0.717) is 16.6 Å². The highest BCUT2D eigenvalue weighted by molar-refractivity contribution is 5.88. The highest BCUT2D eigenvalue weighted by Gasteiger charge is 2.40. The molecule has 13 heteroatoms. The van der Waals surface area contributed by atoms with Crippen molar-refractivity contribution in [1.29, 1.82) is 0 Å². The lowest BCUT2D eigenvalue weighted by Gasteiger charge is -2.18. The monoisotopic (exact) mass is 627 g/mol. The first-order valence-corrected chi connectivity index (χ1v) is 13.4. The summed E-state index contributed by atoms with van der Waals surface area (Å²) in [6.07, 6.45) is 2.72. The van der Waals surface area contributed by atoms with Gasteiger partial charge in [-0.3, -0.25) is 24.5 Å². The van der Waals surface area contributed by atoms with E-state index in [4.69, 9.17) is 20.4 Å². The van der Waals surface area contributed by atoms with Crippen molar-refractivity contribution in [1.82, 2.24) is 15.0 Å². The minimum atomic E-state index is -2.74. The number of hydrogen-bond acceptors (Lipinski definition) is 10. The molecule has 0 aliphatic heterocycles. The third-order valence-electron chi connectivity index (χ3n) is 6.12. The third kappa shape index (κ3) is 9.59. The average molecular weight is 628 g/mol. The zero-order chi connectivity index (χ0) is 33.7. The van der Waals surface area contributed by atoms with Gasteiger partial charge in [-0.15, -0.1) is 0 Å². The van der Waals surface area contributed by atoms with Crippen LogP contribution in [0.3, 0.4) is 0 Å². The van der Waals surface area contributed by atoms with E-state index in [2.05, 4.69) is 15.0 Å². The van der Waals surface area contributed by atoms with Crippen molar-refractivity contribution in [2.24, 2.45) is 0 Å². The zero-order valence-electron chi connectivity index (χ0n) is 24.0. The van der Waals surface area contributed by atoms with Crippen molar-refractivity contribution >= 4 is 50.6 Å². The number of phenolic OH excluding ortho intramolecular Hbond substituents is 3. The Bertz CT molecular complexity index is 1750. The first-order chi connectivity index (χ1) is 21.9. The molecule has 0 bridgehead atoms. The third-order valence-corrected chi connectivity index (χ3v) is 6.12. The standard InChI is InChI=1S/3C9H7NO.C6H8O7/c3*11-8-5-1-3-7-4-2-6-10-9(7)8;7-3(8)1-6(13,5(11)12)2-4(9)10/h3*1-6,11H;13H,1-2H2,(H,7,8)(H,9,10)(H,11,12). The highest BCUT2D eigenvalue weighted by Crippen LogP contribution is 2.22. The lowest BCUT2D eigenvalue weighted by atomic mass is 9.96. The lowest BCUT2D eigenvalue weighted by molar-refractivity contribution is -0.170. The van der Waals surface area contributed by atoms with Crippen molar-refractivity contribution in [3.63, 3.8) is 0 Å². The fourth-order valence-electron chi connectivity index (χ4n) is 3.98. The van der Waals surface area contributed by atoms with Crippen molar-refractivity contribution < 1.29 is 50.1 Å². The summed E-state index contributed by atoms with van der Waals surface area (Å²) in [7, 11) is 0. The highest BCUT2D eigenvalue weighted by atomic mass is 16.4. The topological polar surface area (TPSA) is 231 Å². The Hall–Kier alpha value is -6.34. The second-order valence-corrected chi connectivity index (χ2v) is 9.53. The normalized spacial score (nSPS) is 10.4. The van der Waals surface area contributed by atoms with Crippen LogP contribution in [0.5, 0.6) is 17.2 Å². The molecule has 3 aromatic carbocycles. The molecule has 0 aliphatic carbocycles. The second-order valence-electron chi connectivity index (χ2n) is 9.53. The molecule has 13 nitrogen and oxygen atoms in total. The molecule has 46 heavy (non-hydrogen) atoms. The van der Waals surface area contributed by atoms with Gasteiger partial charge in [0.1, 0.15) is 33.8 Å². The Kier molecular flexibility index (Phi) is 11.8. The lowest BCUT2D eigenvalue weighted by Crippen LogP contribution is -2.42. The molecule has 0 spiro atoms. The Morgan fingerprint density at radius 1 is 0.500 bits per heavy atom. The van der Waals surface area contributed by atoms with Crippen LogP contribution in [0, 0.1) is 0 Å². The van der Waals surface area contributed by atoms with E-state index in [0.717, 1.165) is 16.2 Å². The molecule has 0 saturated carbocycles. The van der Waals surface area contributed by atoms with Gasteiger partial charge in [0.2, 0.25) is 0 Å². The number of rotatable bonds is 5. The number of carboxylic acids is 3. The van der Waals surface area contributed by atoms with Gasteiger partial charge in [0.25, 0.3) is 0 Å². The van der Waals surface area contributed by atoms with E-state index in [1.165, 1.54) is 0 Å². The van der Waals surface area contributed by atoms with Crippen molar-refractivity contribution in [2.75, 3.05) is 0 Å². The molecule has 6 aromatic rings. The predicted octanol–water partition coefficient (Wildman–Crippen LogP) is 4.57. The summed E-state index contributed by atoms with van der Waals surface area (Å²) in [6.45, 7) is 0. The number of para-hydroxylation sites is 3. The number of aromatic hydroxyl groups is 3. The van der Waals surface area contributed by atoms with Crippen LogP contribution in [0.25, 0.3) is 32.7 Å². The van der Waals surface area contributed by atoms with Gasteiger partial charge < -0.3 is 35.7 Å². The van der Waals surface area contributed by atoms with E-state index in [-0.39, 0.29) is 17.2 Å². The quantitative estimate of drug-likeness (QED) is 0.139. The Morgan fingerprint density at radius 2 is 0.783 bits per heavy atom. The summed E-state index contributed by atoms with van der Waals surface area (Å²) in [5.74, 6) is -4.30. The molecule has 0 radical (unpaired) electrons. The number of fused-ring (bicyclic) bond motifs is 3. The van der Waals surface area contributed by atoms with Crippen LogP contribution < -0.4 is 0 Å². The summed E-state index contributed by atoms with van der Waals surface area (Å²) >= 11 is 0. The molecule has 7 N–H and O–H groups in total. The van der Waals surface area contributed by atoms with Crippen LogP contribution in [-0.4, -0.2) is 74.2 Å². The summed E-state index contributed by atoms with van der Waals surface area (Å²) < 4.78 is 0. The molecule has 0 atom stereocenters. The maximum absolute atomic E-state index is 10.3. The molecule has 0 amide bonds. The van der Waals surface area contributed by atoms with Crippen LogP contribution in [-0.2, 0) is 14.4 Å². The fraction of sp³-hybridized carbons (Fsp3) is 0.0909. The van der Waals surface area contributed by atoms with E-state index in [9.17, 15) is 29.7 Å². The number of aromatic nitrogens is 3. The smallest absolute Gasteiger partial charge is 0.336 e. The Balaban J connectivity index is 0.000000167. The molecule has 0 saturated heterocycles. The summed E-state index contributed by atoms with van der Waals surface area (Å²) in [5.41, 5.74) is -0.752. The number of pyridine rings is 3. The number of aliphatic carboxylic acids is 3. The van der Waals surface area contributed by atoms with Gasteiger partial charge in [0.15, 0.2) is 5.60 Å². The van der Waals surface area contributed by atoms with Crippen molar-refractivity contribution in [3.05, 3.63) is 110 Å². The number of carbonyl (C=O) groups is 3. The van der Waals surface area contributed by atoms with Gasteiger partial charge in [0.05, 0.1) is 12.8 Å². The van der Waals surface area contributed by atoms with Gasteiger partial charge in [0, 0.05) is 34.7 Å². The molecular weight excluding hydrogens is 598 g/mol. The van der Waals surface area contributed by atoms with Crippen molar-refractivity contribution in [3.8, 4) is 17.2 Å². The number of aliphatic hydroxyl groups is 1. The first kappa shape index (κ1) is 34.2. The Morgan fingerprint density at radius 3 is 1.02 bits per heavy atom. The van der Waals surface area contributed by atoms with E-state index in [1.807, 2.05) is 54.6 Å². The van der Waals surface area contributed by atoms with Gasteiger partial charge in [-0.05, 0) is 36.4 Å².